The van der Waals surface area contributed by atoms with Crippen LogP contribution in [0.5, 0.6) is 11.5 Å². The molecule has 0 aliphatic rings. The molecule has 0 saturated carbocycles. The highest BCUT2D eigenvalue weighted by atomic mass is 32.2. The number of nitrogens with one attached hydrogen (secondary N) is 3. The zero-order chi connectivity index (χ0) is 31.1. The van der Waals surface area contributed by atoms with Gasteiger partial charge >= 0.3 is 12.0 Å². The predicted molar refractivity (Wildman–Crippen MR) is 158 cm³/mol. The van der Waals surface area contributed by atoms with Gasteiger partial charge in [-0.25, -0.2) is 18.0 Å². The van der Waals surface area contributed by atoms with Gasteiger partial charge in [0.15, 0.2) is 0 Å². The van der Waals surface area contributed by atoms with Crippen molar-refractivity contribution in [3.05, 3.63) is 90.5 Å². The third-order valence-electron chi connectivity index (χ3n) is 6.32. The first-order valence-corrected chi connectivity index (χ1v) is 15.1. The molecule has 0 aromatic heterocycles. The van der Waals surface area contributed by atoms with Gasteiger partial charge in [-0.15, -0.1) is 0 Å². The number of hydrogen-bond acceptors (Lipinski definition) is 8. The number of phenols is 2. The molecule has 220 valence electrons. The summed E-state index contributed by atoms with van der Waals surface area (Å²) in [6, 6.07) is 17.4. The van der Waals surface area contributed by atoms with E-state index in [-0.39, 0.29) is 55.2 Å². The lowest BCUT2D eigenvalue weighted by atomic mass is 10.1. The van der Waals surface area contributed by atoms with Gasteiger partial charge in [0, 0.05) is 40.0 Å². The van der Waals surface area contributed by atoms with Crippen molar-refractivity contribution in [2.75, 3.05) is 15.4 Å². The van der Waals surface area contributed by atoms with Gasteiger partial charge < -0.3 is 26.0 Å². The summed E-state index contributed by atoms with van der Waals surface area (Å²) in [6.07, 6.45) is 0. The third kappa shape index (κ3) is 6.28. The molecule has 43 heavy (non-hydrogen) atoms. The van der Waals surface area contributed by atoms with Crippen molar-refractivity contribution in [2.24, 2.45) is 0 Å². The number of sulfonamides is 1. The lowest BCUT2D eigenvalue weighted by molar-refractivity contribution is 0.0696. The monoisotopic (exact) mass is 623 g/mol. The number of carbonyl (C=O) groups is 2. The van der Waals surface area contributed by atoms with E-state index in [1.165, 1.54) is 66.7 Å². The average Bonchev–Trinajstić information content (AvgIpc) is 2.92. The van der Waals surface area contributed by atoms with E-state index in [9.17, 15) is 41.2 Å². The van der Waals surface area contributed by atoms with Crippen molar-refractivity contribution < 1.29 is 46.3 Å². The van der Waals surface area contributed by atoms with Crippen LogP contribution >= 0.6 is 0 Å². The van der Waals surface area contributed by atoms with Crippen molar-refractivity contribution in [3.63, 3.8) is 0 Å². The first-order chi connectivity index (χ1) is 20.2. The number of fused-ring (bicyclic) bond motifs is 2. The second-order valence-electron chi connectivity index (χ2n) is 9.30. The number of anilines is 3. The predicted octanol–water partition coefficient (Wildman–Crippen LogP) is 4.79. The highest BCUT2D eigenvalue weighted by Gasteiger charge is 2.18. The molecule has 0 unspecified atom stereocenters. The average molecular weight is 624 g/mol. The van der Waals surface area contributed by atoms with E-state index in [2.05, 4.69) is 15.4 Å². The van der Waals surface area contributed by atoms with Gasteiger partial charge in [0.2, 0.25) is 0 Å². The summed E-state index contributed by atoms with van der Waals surface area (Å²) in [4.78, 5) is 22.9. The van der Waals surface area contributed by atoms with E-state index in [4.69, 9.17) is 5.11 Å². The summed E-state index contributed by atoms with van der Waals surface area (Å²) in [7, 11) is -8.78. The van der Waals surface area contributed by atoms with E-state index in [1.54, 1.807) is 0 Å². The highest BCUT2D eigenvalue weighted by molar-refractivity contribution is 7.92. The fraction of sp³-hybridized carbons (Fsp3) is 0. The van der Waals surface area contributed by atoms with Crippen LogP contribution in [-0.4, -0.2) is 48.7 Å². The number of urea groups is 1. The summed E-state index contributed by atoms with van der Waals surface area (Å²) >= 11 is 0. The van der Waals surface area contributed by atoms with Crippen LogP contribution in [0.25, 0.3) is 21.5 Å². The summed E-state index contributed by atoms with van der Waals surface area (Å²) < 4.78 is 60.6. The molecule has 5 rings (SSSR count). The number of rotatable bonds is 7. The Morgan fingerprint density at radius 2 is 1.07 bits per heavy atom. The van der Waals surface area contributed by atoms with Crippen molar-refractivity contribution in [2.45, 2.75) is 9.79 Å². The van der Waals surface area contributed by atoms with Gasteiger partial charge in [-0.2, -0.15) is 8.42 Å². The Balaban J connectivity index is 1.37. The van der Waals surface area contributed by atoms with Crippen LogP contribution in [-0.2, 0) is 20.1 Å². The maximum Gasteiger partial charge on any atom is 0.335 e. The number of benzene rings is 5. The van der Waals surface area contributed by atoms with Crippen molar-refractivity contribution in [3.8, 4) is 11.5 Å². The fourth-order valence-corrected chi connectivity index (χ4v) is 5.94. The fourth-order valence-electron chi connectivity index (χ4n) is 4.29. The van der Waals surface area contributed by atoms with E-state index in [0.717, 1.165) is 18.2 Å². The molecule has 0 spiro atoms. The molecule has 0 radical (unpaired) electrons. The number of carboxylic acids is 1. The van der Waals surface area contributed by atoms with Gasteiger partial charge in [-0.05, 0) is 83.6 Å². The Morgan fingerprint density at radius 3 is 1.56 bits per heavy atom. The first-order valence-electron chi connectivity index (χ1n) is 12.1. The second kappa shape index (κ2) is 10.8. The normalized spacial score (nSPS) is 11.7. The molecule has 0 bridgehead atoms. The number of hydrogen-bond donors (Lipinski definition) is 7. The molecular weight excluding hydrogens is 602 g/mol. The number of phenolic OH excluding ortho intramolecular Hbond substituents is 2. The van der Waals surface area contributed by atoms with Crippen LogP contribution in [0.3, 0.4) is 0 Å². The molecule has 0 aliphatic carbocycles. The third-order valence-corrected chi connectivity index (χ3v) is 8.51. The van der Waals surface area contributed by atoms with Gasteiger partial charge in [0.05, 0.1) is 15.4 Å². The van der Waals surface area contributed by atoms with E-state index in [0.29, 0.717) is 5.39 Å². The molecule has 0 saturated heterocycles. The Bertz CT molecular complexity index is 2170. The molecule has 0 aliphatic heterocycles. The Morgan fingerprint density at radius 1 is 0.605 bits per heavy atom. The SMILES string of the molecule is O=C(Nc1ccc2c(O)cc(S(=O)(=O)O)cc2c1)Nc1ccc2c(O)cc(S(=O)(=O)Nc3ccc(C(=O)O)cc3)cc2c1. The van der Waals surface area contributed by atoms with Crippen LogP contribution in [0.4, 0.5) is 21.9 Å². The van der Waals surface area contributed by atoms with Crippen LogP contribution in [0.2, 0.25) is 0 Å². The summed E-state index contributed by atoms with van der Waals surface area (Å²) in [5.41, 5.74) is 0.547. The summed E-state index contributed by atoms with van der Waals surface area (Å²) in [5, 5.41) is 35.8. The van der Waals surface area contributed by atoms with E-state index in [1.807, 2.05) is 0 Å². The van der Waals surface area contributed by atoms with Crippen LogP contribution < -0.4 is 15.4 Å². The quantitative estimate of drug-likeness (QED) is 0.123. The van der Waals surface area contributed by atoms with Crippen LogP contribution in [0.15, 0.2) is 94.7 Å². The summed E-state index contributed by atoms with van der Waals surface area (Å²) in [5.74, 6) is -1.88. The zero-order valence-electron chi connectivity index (χ0n) is 21.6. The van der Waals surface area contributed by atoms with Gasteiger partial charge in [-0.1, -0.05) is 0 Å². The summed E-state index contributed by atoms with van der Waals surface area (Å²) in [6.45, 7) is 0. The number of aromatic carboxylic acids is 1. The molecule has 0 fully saturated rings. The van der Waals surface area contributed by atoms with Crippen molar-refractivity contribution in [1.29, 1.82) is 0 Å². The smallest absolute Gasteiger partial charge is 0.335 e. The topological polar surface area (TPSA) is 219 Å². The first kappa shape index (κ1) is 29.1. The molecule has 0 heterocycles. The maximum atomic E-state index is 13.0. The van der Waals surface area contributed by atoms with Crippen molar-refractivity contribution >= 4 is 70.7 Å². The molecule has 5 aromatic rings. The maximum absolute atomic E-state index is 13.0. The minimum atomic E-state index is -4.59. The lowest BCUT2D eigenvalue weighted by Crippen LogP contribution is -2.19. The van der Waals surface area contributed by atoms with Gasteiger partial charge in [0.25, 0.3) is 20.1 Å². The van der Waals surface area contributed by atoms with Crippen molar-refractivity contribution in [1.82, 2.24) is 0 Å². The number of amides is 2. The van der Waals surface area contributed by atoms with Crippen LogP contribution in [0, 0.1) is 0 Å². The molecule has 7 N–H and O–H groups in total. The van der Waals surface area contributed by atoms with E-state index >= 15 is 0 Å². The number of aromatic hydroxyl groups is 2. The second-order valence-corrected chi connectivity index (χ2v) is 12.4. The number of carboxylic acid groups (broad SMARTS) is 1. The minimum Gasteiger partial charge on any atom is -0.507 e. The molecule has 5 aromatic carbocycles. The Labute approximate surface area is 243 Å². The molecule has 15 heteroatoms. The van der Waals surface area contributed by atoms with Crippen LogP contribution in [0.1, 0.15) is 10.4 Å². The molecule has 13 nitrogen and oxygen atoms in total. The van der Waals surface area contributed by atoms with Gasteiger partial charge in [0.1, 0.15) is 11.5 Å². The Hall–Kier alpha value is -5.38. The van der Waals surface area contributed by atoms with E-state index < -0.39 is 37.0 Å². The number of carbonyl (C=O) groups excluding carboxylic acids is 1. The minimum absolute atomic E-state index is 0.0263. The molecular formula is C28H21N3O10S2. The van der Waals surface area contributed by atoms with Gasteiger partial charge in [-0.3, -0.25) is 9.27 Å². The standard InChI is InChI=1S/C28H21N3O10S2/c32-25-13-21(42(37,38)31-18-3-1-15(2-4-18)27(34)35)11-16-9-19(5-7-23(16)25)29-28(36)30-20-6-8-24-17(10-20)12-22(14-26(24)33)43(39,40)41/h1-14,31-33H,(H,34,35)(H2,29,30,36)(H,39,40,41). The molecule has 0 atom stereocenters. The lowest BCUT2D eigenvalue weighted by Gasteiger charge is -2.12. The largest absolute Gasteiger partial charge is 0.507 e. The Kier molecular flexibility index (Phi) is 7.31. The molecule has 2 amide bonds. The highest BCUT2D eigenvalue weighted by Crippen LogP contribution is 2.33. The zero-order valence-corrected chi connectivity index (χ0v) is 23.3.